The van der Waals surface area contributed by atoms with E-state index in [1.165, 1.54) is 46.4 Å². The first-order chi connectivity index (χ1) is 12.1. The largest absolute Gasteiger partial charge is 0.212 e. The Kier molecular flexibility index (Phi) is 6.00. The Morgan fingerprint density at radius 2 is 1.46 bits per heavy atom. The van der Waals surface area contributed by atoms with Gasteiger partial charge in [-0.3, -0.25) is 0 Å². The van der Waals surface area contributed by atoms with E-state index in [-0.39, 0.29) is 10.8 Å². The monoisotopic (exact) mass is 352 g/mol. The molecule has 1 aromatic carbocycles. The van der Waals surface area contributed by atoms with Gasteiger partial charge in [-0.2, -0.15) is 0 Å². The lowest BCUT2D eigenvalue weighted by Gasteiger charge is -2.34. The van der Waals surface area contributed by atoms with Crippen LogP contribution >= 0.6 is 0 Å². The molecule has 0 fully saturated rings. The molecule has 0 N–H and O–H groups in total. The fraction of sp³-hybridized carbons (Fsp3) is 0.560. The van der Waals surface area contributed by atoms with Crippen molar-refractivity contribution in [2.75, 3.05) is 0 Å². The molecule has 2 aromatic rings. The normalized spacial score (nSPS) is 12.5. The highest BCUT2D eigenvalue weighted by Gasteiger charge is 2.34. The summed E-state index contributed by atoms with van der Waals surface area (Å²) in [6, 6.07) is 9.26. The fourth-order valence-electron chi connectivity index (χ4n) is 3.88. The number of hydrogen-bond acceptors (Lipinski definition) is 0. The van der Waals surface area contributed by atoms with Crippen molar-refractivity contribution in [1.29, 1.82) is 0 Å². The number of benzene rings is 1. The van der Waals surface area contributed by atoms with Crippen molar-refractivity contribution in [2.45, 2.75) is 85.5 Å². The Bertz CT molecular complexity index is 779. The van der Waals surface area contributed by atoms with E-state index in [1.807, 2.05) is 0 Å². The van der Waals surface area contributed by atoms with Crippen LogP contribution in [0.4, 0.5) is 0 Å². The van der Waals surface area contributed by atoms with Crippen LogP contribution in [0.15, 0.2) is 30.5 Å². The van der Waals surface area contributed by atoms with Gasteiger partial charge in [-0.15, -0.1) is 0 Å². The Morgan fingerprint density at radius 1 is 0.846 bits per heavy atom. The molecule has 0 aliphatic carbocycles. The summed E-state index contributed by atoms with van der Waals surface area (Å²) < 4.78 is 2.34. The Hall–Kier alpha value is -1.63. The maximum atomic E-state index is 2.47. The van der Waals surface area contributed by atoms with Crippen molar-refractivity contribution >= 4 is 0 Å². The maximum Gasteiger partial charge on any atom is 0.212 e. The number of rotatable bonds is 6. The molecule has 0 amide bonds. The second-order valence-corrected chi connectivity index (χ2v) is 8.92. The first-order valence-electron chi connectivity index (χ1n) is 10.2. The van der Waals surface area contributed by atoms with Crippen LogP contribution in [0, 0.1) is 13.8 Å². The zero-order valence-electron chi connectivity index (χ0n) is 18.5. The van der Waals surface area contributed by atoms with E-state index in [2.05, 4.69) is 97.5 Å². The smallest absolute Gasteiger partial charge is 0.201 e. The summed E-state index contributed by atoms with van der Waals surface area (Å²) in [5, 5.41) is 0. The van der Waals surface area contributed by atoms with Crippen LogP contribution < -0.4 is 4.57 Å². The molecule has 0 unspecified atom stereocenters. The highest BCUT2D eigenvalue weighted by Crippen LogP contribution is 2.40. The number of aromatic nitrogens is 1. The number of aryl methyl sites for hydroxylation is 3. The summed E-state index contributed by atoms with van der Waals surface area (Å²) in [4.78, 5) is 0. The van der Waals surface area contributed by atoms with Gasteiger partial charge in [-0.05, 0) is 61.1 Å². The molecule has 0 saturated carbocycles. The molecule has 2 rings (SSSR count). The maximum absolute atomic E-state index is 2.47. The summed E-state index contributed by atoms with van der Waals surface area (Å²) >= 11 is 0. The van der Waals surface area contributed by atoms with Crippen LogP contribution in [0.1, 0.15) is 83.1 Å². The molecule has 0 bridgehead atoms. The van der Waals surface area contributed by atoms with Crippen molar-refractivity contribution in [3.8, 4) is 11.3 Å². The van der Waals surface area contributed by atoms with E-state index in [4.69, 9.17) is 0 Å². The molecular formula is C25H38N+. The summed E-state index contributed by atoms with van der Waals surface area (Å²) in [7, 11) is 2.20. The predicted molar refractivity (Wildman–Crippen MR) is 114 cm³/mol. The first-order valence-corrected chi connectivity index (χ1v) is 10.2. The van der Waals surface area contributed by atoms with Crippen LogP contribution in [0.25, 0.3) is 11.3 Å². The van der Waals surface area contributed by atoms with Gasteiger partial charge in [0.15, 0.2) is 6.20 Å². The lowest BCUT2D eigenvalue weighted by atomic mass is 9.70. The summed E-state index contributed by atoms with van der Waals surface area (Å²) in [5.74, 6) is 0. The Balaban J connectivity index is 2.81. The molecule has 0 saturated heterocycles. The molecule has 1 nitrogen and oxygen atoms in total. The van der Waals surface area contributed by atoms with Gasteiger partial charge in [0.25, 0.3) is 0 Å². The molecule has 1 heteroatoms. The van der Waals surface area contributed by atoms with Gasteiger partial charge >= 0.3 is 0 Å². The summed E-state index contributed by atoms with van der Waals surface area (Å²) in [5.41, 5.74) is 8.75. The zero-order chi connectivity index (χ0) is 19.7. The van der Waals surface area contributed by atoms with Gasteiger partial charge < -0.3 is 0 Å². The third-order valence-corrected chi connectivity index (χ3v) is 6.76. The van der Waals surface area contributed by atoms with Crippen molar-refractivity contribution in [1.82, 2.24) is 0 Å². The number of hydrogen-bond donors (Lipinski definition) is 0. The van der Waals surface area contributed by atoms with Crippen molar-refractivity contribution in [3.63, 3.8) is 0 Å². The zero-order valence-corrected chi connectivity index (χ0v) is 18.5. The van der Waals surface area contributed by atoms with E-state index in [0.717, 1.165) is 6.42 Å². The molecule has 1 aromatic heterocycles. The minimum absolute atomic E-state index is 0.169. The van der Waals surface area contributed by atoms with Gasteiger partial charge in [0.2, 0.25) is 5.69 Å². The van der Waals surface area contributed by atoms with Crippen molar-refractivity contribution < 1.29 is 4.57 Å². The van der Waals surface area contributed by atoms with E-state index in [9.17, 15) is 0 Å². The Morgan fingerprint density at radius 3 is 1.96 bits per heavy atom. The van der Waals surface area contributed by atoms with E-state index in [1.54, 1.807) is 0 Å². The van der Waals surface area contributed by atoms with Gasteiger partial charge in [0.1, 0.15) is 7.05 Å². The van der Waals surface area contributed by atoms with E-state index >= 15 is 0 Å². The molecule has 26 heavy (non-hydrogen) atoms. The van der Waals surface area contributed by atoms with Crippen LogP contribution in [-0.2, 0) is 17.9 Å². The molecule has 0 radical (unpaired) electrons. The minimum Gasteiger partial charge on any atom is -0.201 e. The van der Waals surface area contributed by atoms with Crippen LogP contribution in [0.3, 0.4) is 0 Å². The quantitative estimate of drug-likeness (QED) is 0.518. The number of nitrogens with zero attached hydrogens (tertiary/aromatic N) is 1. The summed E-state index contributed by atoms with van der Waals surface area (Å²) in [6.45, 7) is 18.6. The minimum atomic E-state index is 0.169. The number of pyridine rings is 1. The van der Waals surface area contributed by atoms with Gasteiger partial charge in [0.05, 0.1) is 0 Å². The fourth-order valence-corrected chi connectivity index (χ4v) is 3.88. The lowest BCUT2D eigenvalue weighted by molar-refractivity contribution is -0.661. The summed E-state index contributed by atoms with van der Waals surface area (Å²) in [6.07, 6.45) is 5.89. The van der Waals surface area contributed by atoms with Crippen LogP contribution in [0.5, 0.6) is 0 Å². The highest BCUT2D eigenvalue weighted by molar-refractivity contribution is 5.63. The van der Waals surface area contributed by atoms with Crippen molar-refractivity contribution in [2.24, 2.45) is 7.05 Å². The first kappa shape index (κ1) is 20.7. The highest BCUT2D eigenvalue weighted by atomic mass is 14.9. The second kappa shape index (κ2) is 7.55. The third-order valence-electron chi connectivity index (χ3n) is 6.76. The van der Waals surface area contributed by atoms with Gasteiger partial charge in [-0.25, -0.2) is 4.57 Å². The average Bonchev–Trinajstić information content (AvgIpc) is 2.61. The molecule has 142 valence electrons. The van der Waals surface area contributed by atoms with Crippen molar-refractivity contribution in [3.05, 3.63) is 52.7 Å². The van der Waals surface area contributed by atoms with E-state index in [0.29, 0.717) is 0 Å². The topological polar surface area (TPSA) is 3.88 Å². The van der Waals surface area contributed by atoms with E-state index < -0.39 is 0 Å². The third kappa shape index (κ3) is 3.72. The van der Waals surface area contributed by atoms with Gasteiger partial charge in [0, 0.05) is 17.2 Å². The lowest BCUT2D eigenvalue weighted by Crippen LogP contribution is -2.37. The molecule has 0 spiro atoms. The predicted octanol–water partition coefficient (Wildman–Crippen LogP) is 6.56. The molecule has 0 atom stereocenters. The molecular weight excluding hydrogens is 314 g/mol. The molecule has 0 aliphatic rings. The van der Waals surface area contributed by atoms with Gasteiger partial charge in [-0.1, -0.05) is 59.2 Å². The average molecular weight is 353 g/mol. The molecule has 1 heterocycles. The van der Waals surface area contributed by atoms with Crippen LogP contribution in [0.2, 0.25) is 0 Å². The Labute approximate surface area is 161 Å². The molecule has 0 aliphatic heterocycles. The SMILES string of the molecule is CCC(C)(C)c1cc(-c2ccc(C)cc2C)[n+](C)cc1C(C)(CC)CC. The van der Waals surface area contributed by atoms with Crippen LogP contribution in [-0.4, -0.2) is 0 Å². The standard InChI is InChI=1S/C25H38N/c1-10-24(6,7)21-16-23(20-14-13-18(4)15-19(20)5)26(9)17-22(21)25(8,11-2)12-3/h13-17H,10-12H2,1-9H3/q+1. The second-order valence-electron chi connectivity index (χ2n) is 8.92.